The van der Waals surface area contributed by atoms with Crippen molar-refractivity contribution < 1.29 is 14.3 Å². The molecule has 0 aromatic heterocycles. The summed E-state index contributed by atoms with van der Waals surface area (Å²) >= 11 is 0. The van der Waals surface area contributed by atoms with Crippen LogP contribution in [-0.4, -0.2) is 52.5 Å². The van der Waals surface area contributed by atoms with Crippen LogP contribution in [0.25, 0.3) is 0 Å². The lowest BCUT2D eigenvalue weighted by molar-refractivity contribution is -0.125. The van der Waals surface area contributed by atoms with Gasteiger partial charge in [-0.2, -0.15) is 0 Å². The zero-order valence-corrected chi connectivity index (χ0v) is 11.5. The van der Waals surface area contributed by atoms with Crippen LogP contribution in [0.4, 0.5) is 0 Å². The van der Waals surface area contributed by atoms with Gasteiger partial charge < -0.3 is 20.1 Å². The monoisotopic (exact) mass is 258 g/mol. The second kappa shape index (κ2) is 9.30. The molecule has 106 valence electrons. The number of methoxy groups -OCH3 is 1. The van der Waals surface area contributed by atoms with Gasteiger partial charge in [-0.15, -0.1) is 0 Å². The molecule has 0 aliphatic carbocycles. The molecule has 0 radical (unpaired) electrons. The van der Waals surface area contributed by atoms with Gasteiger partial charge in [-0.25, -0.2) is 0 Å². The number of carbonyl (C=O) groups is 1. The quantitative estimate of drug-likeness (QED) is 0.588. The lowest BCUT2D eigenvalue weighted by atomic mass is 9.97. The molecule has 2 atom stereocenters. The number of nitrogens with one attached hydrogen (secondary N) is 2. The van der Waals surface area contributed by atoms with E-state index in [0.717, 1.165) is 39.1 Å². The topological polar surface area (TPSA) is 59.6 Å². The first-order valence-corrected chi connectivity index (χ1v) is 6.80. The third-order valence-electron chi connectivity index (χ3n) is 3.30. The van der Waals surface area contributed by atoms with Gasteiger partial charge in [0.2, 0.25) is 5.91 Å². The lowest BCUT2D eigenvalue weighted by Crippen LogP contribution is -2.34. The largest absolute Gasteiger partial charge is 0.382 e. The number of unbranched alkanes of at least 4 members (excludes halogenated alkanes) is 1. The van der Waals surface area contributed by atoms with E-state index in [0.29, 0.717) is 19.1 Å². The second-order valence-electron chi connectivity index (χ2n) is 4.85. The second-order valence-corrected chi connectivity index (χ2v) is 4.85. The van der Waals surface area contributed by atoms with Crippen molar-refractivity contribution >= 4 is 5.91 Å². The van der Waals surface area contributed by atoms with Gasteiger partial charge in [-0.3, -0.25) is 4.79 Å². The third-order valence-corrected chi connectivity index (χ3v) is 3.30. The van der Waals surface area contributed by atoms with Crippen LogP contribution in [0.5, 0.6) is 0 Å². The molecule has 0 bridgehead atoms. The van der Waals surface area contributed by atoms with Crippen molar-refractivity contribution in [2.45, 2.75) is 19.8 Å². The zero-order valence-electron chi connectivity index (χ0n) is 11.5. The summed E-state index contributed by atoms with van der Waals surface area (Å²) in [7, 11) is 1.66. The summed E-state index contributed by atoms with van der Waals surface area (Å²) in [6.45, 7) is 6.65. The van der Waals surface area contributed by atoms with Crippen molar-refractivity contribution in [3.8, 4) is 0 Å². The van der Waals surface area contributed by atoms with E-state index in [4.69, 9.17) is 9.47 Å². The van der Waals surface area contributed by atoms with Crippen molar-refractivity contribution in [2.24, 2.45) is 11.8 Å². The van der Waals surface area contributed by atoms with Crippen LogP contribution in [0.1, 0.15) is 19.8 Å². The van der Waals surface area contributed by atoms with Crippen molar-refractivity contribution in [1.82, 2.24) is 10.6 Å². The van der Waals surface area contributed by atoms with Gasteiger partial charge in [0.15, 0.2) is 0 Å². The molecule has 1 rings (SSSR count). The Hall–Kier alpha value is -0.650. The molecule has 0 aromatic carbocycles. The lowest BCUT2D eigenvalue weighted by Gasteiger charge is -2.14. The zero-order chi connectivity index (χ0) is 13.2. The van der Waals surface area contributed by atoms with Crippen molar-refractivity contribution in [3.63, 3.8) is 0 Å². The maximum atomic E-state index is 11.8. The van der Waals surface area contributed by atoms with E-state index >= 15 is 0 Å². The molecule has 18 heavy (non-hydrogen) atoms. The third kappa shape index (κ3) is 5.80. The summed E-state index contributed by atoms with van der Waals surface area (Å²) in [6, 6.07) is 0. The Bertz CT molecular complexity index is 236. The highest BCUT2D eigenvalue weighted by Gasteiger charge is 2.28. The minimum Gasteiger partial charge on any atom is -0.382 e. The summed E-state index contributed by atoms with van der Waals surface area (Å²) in [4.78, 5) is 11.8. The maximum absolute atomic E-state index is 11.8. The fourth-order valence-electron chi connectivity index (χ4n) is 2.08. The SMILES string of the molecule is COCCOCCCCNC(=O)C1CNCC1C. The van der Waals surface area contributed by atoms with Gasteiger partial charge in [-0.1, -0.05) is 6.92 Å². The predicted molar refractivity (Wildman–Crippen MR) is 70.5 cm³/mol. The first-order valence-electron chi connectivity index (χ1n) is 6.80. The normalized spacial score (nSPS) is 23.2. The molecule has 2 unspecified atom stereocenters. The number of amides is 1. The maximum Gasteiger partial charge on any atom is 0.224 e. The van der Waals surface area contributed by atoms with Gasteiger partial charge in [0.05, 0.1) is 19.1 Å². The molecule has 1 aliphatic rings. The van der Waals surface area contributed by atoms with Gasteiger partial charge in [0, 0.05) is 26.8 Å². The number of carbonyl (C=O) groups excluding carboxylic acids is 1. The van der Waals surface area contributed by atoms with E-state index in [-0.39, 0.29) is 11.8 Å². The summed E-state index contributed by atoms with van der Waals surface area (Å²) in [6.07, 6.45) is 1.94. The molecule has 1 heterocycles. The van der Waals surface area contributed by atoms with Crippen LogP contribution in [0.15, 0.2) is 0 Å². The van der Waals surface area contributed by atoms with Crippen LogP contribution in [0.3, 0.4) is 0 Å². The van der Waals surface area contributed by atoms with Crippen LogP contribution in [0, 0.1) is 11.8 Å². The Kier molecular flexibility index (Phi) is 7.96. The van der Waals surface area contributed by atoms with Crippen LogP contribution in [-0.2, 0) is 14.3 Å². The molecular formula is C13H26N2O3. The standard InChI is InChI=1S/C13H26N2O3/c1-11-9-14-10-12(11)13(16)15-5-3-4-6-18-8-7-17-2/h11-12,14H,3-10H2,1-2H3,(H,15,16). The molecule has 1 amide bonds. The van der Waals surface area contributed by atoms with Gasteiger partial charge in [0.25, 0.3) is 0 Å². The minimum absolute atomic E-state index is 0.142. The van der Waals surface area contributed by atoms with E-state index < -0.39 is 0 Å². The Morgan fingerprint density at radius 2 is 2.11 bits per heavy atom. The fourth-order valence-corrected chi connectivity index (χ4v) is 2.08. The van der Waals surface area contributed by atoms with Crippen molar-refractivity contribution in [3.05, 3.63) is 0 Å². The molecule has 2 N–H and O–H groups in total. The van der Waals surface area contributed by atoms with E-state index in [1.165, 1.54) is 0 Å². The molecular weight excluding hydrogens is 232 g/mol. The summed E-state index contributed by atoms with van der Waals surface area (Å²) in [5.74, 6) is 0.776. The molecule has 0 spiro atoms. The predicted octanol–water partition coefficient (Wildman–Crippen LogP) is 0.401. The molecule has 0 aromatic rings. The van der Waals surface area contributed by atoms with Crippen LogP contribution < -0.4 is 10.6 Å². The fraction of sp³-hybridized carbons (Fsp3) is 0.923. The highest BCUT2D eigenvalue weighted by Crippen LogP contribution is 2.15. The van der Waals surface area contributed by atoms with Crippen LogP contribution >= 0.6 is 0 Å². The first kappa shape index (κ1) is 15.4. The molecule has 5 heteroatoms. The summed E-state index contributed by atoms with van der Waals surface area (Å²) in [5.41, 5.74) is 0. The van der Waals surface area contributed by atoms with Gasteiger partial charge >= 0.3 is 0 Å². The average molecular weight is 258 g/mol. The van der Waals surface area contributed by atoms with E-state index in [2.05, 4.69) is 17.6 Å². The smallest absolute Gasteiger partial charge is 0.224 e. The summed E-state index contributed by atoms with van der Waals surface area (Å²) < 4.78 is 10.2. The van der Waals surface area contributed by atoms with Gasteiger partial charge in [-0.05, 0) is 25.3 Å². The molecule has 5 nitrogen and oxygen atoms in total. The number of hydrogen-bond acceptors (Lipinski definition) is 4. The number of rotatable bonds is 9. The van der Waals surface area contributed by atoms with E-state index in [1.54, 1.807) is 7.11 Å². The number of hydrogen-bond donors (Lipinski definition) is 2. The van der Waals surface area contributed by atoms with Gasteiger partial charge in [0.1, 0.15) is 0 Å². The average Bonchev–Trinajstić information content (AvgIpc) is 2.79. The molecule has 1 saturated heterocycles. The van der Waals surface area contributed by atoms with Crippen molar-refractivity contribution in [1.29, 1.82) is 0 Å². The Morgan fingerprint density at radius 1 is 1.28 bits per heavy atom. The van der Waals surface area contributed by atoms with Crippen molar-refractivity contribution in [2.75, 3.05) is 46.6 Å². The first-order chi connectivity index (χ1) is 8.75. The highest BCUT2D eigenvalue weighted by molar-refractivity contribution is 5.79. The molecule has 1 aliphatic heterocycles. The highest BCUT2D eigenvalue weighted by atomic mass is 16.5. The Labute approximate surface area is 110 Å². The molecule has 0 saturated carbocycles. The Morgan fingerprint density at radius 3 is 2.78 bits per heavy atom. The molecule has 1 fully saturated rings. The van der Waals surface area contributed by atoms with Crippen LogP contribution in [0.2, 0.25) is 0 Å². The van der Waals surface area contributed by atoms with E-state index in [9.17, 15) is 4.79 Å². The van der Waals surface area contributed by atoms with E-state index in [1.807, 2.05) is 0 Å². The Balaban J connectivity index is 1.92. The summed E-state index contributed by atoms with van der Waals surface area (Å²) in [5, 5.41) is 6.24. The minimum atomic E-state index is 0.142. The number of ether oxygens (including phenoxy) is 2.